The fourth-order valence-electron chi connectivity index (χ4n) is 1.37. The Kier molecular flexibility index (Phi) is 2.25. The fraction of sp³-hybridized carbons (Fsp3) is 0.182. The van der Waals surface area contributed by atoms with Gasteiger partial charge in [0.15, 0.2) is 0 Å². The molecule has 2 rings (SSSR count). The minimum Gasteiger partial charge on any atom is -0.427 e. The molecule has 0 aliphatic heterocycles. The predicted molar refractivity (Wildman–Crippen MR) is 57.9 cm³/mol. The summed E-state index contributed by atoms with van der Waals surface area (Å²) in [6.45, 7) is 3.48. The van der Waals surface area contributed by atoms with Crippen molar-refractivity contribution in [2.75, 3.05) is 0 Å². The third-order valence-corrected chi connectivity index (χ3v) is 3.07. The lowest BCUT2D eigenvalue weighted by atomic mass is 10.2. The van der Waals surface area contributed by atoms with Gasteiger partial charge in [0.25, 0.3) is 0 Å². The molecule has 3 heteroatoms. The SMILES string of the molecule is CC(=O)Oc1ccc2c(C)csc2c1. The molecule has 0 fully saturated rings. The zero-order valence-electron chi connectivity index (χ0n) is 8.03. The highest BCUT2D eigenvalue weighted by Crippen LogP contribution is 2.28. The van der Waals surface area contributed by atoms with E-state index in [-0.39, 0.29) is 5.97 Å². The molecule has 1 heterocycles. The average molecular weight is 206 g/mol. The van der Waals surface area contributed by atoms with Crippen molar-refractivity contribution in [3.8, 4) is 5.75 Å². The molecular weight excluding hydrogens is 196 g/mol. The van der Waals surface area contributed by atoms with Crippen LogP contribution in [0.1, 0.15) is 12.5 Å². The van der Waals surface area contributed by atoms with Gasteiger partial charge in [0.1, 0.15) is 5.75 Å². The zero-order valence-corrected chi connectivity index (χ0v) is 8.85. The second-order valence-electron chi connectivity index (χ2n) is 3.17. The highest BCUT2D eigenvalue weighted by molar-refractivity contribution is 7.17. The summed E-state index contributed by atoms with van der Waals surface area (Å²) in [5.74, 6) is 0.337. The first-order valence-corrected chi connectivity index (χ1v) is 5.21. The van der Waals surface area contributed by atoms with Crippen LogP contribution in [0.3, 0.4) is 0 Å². The fourth-order valence-corrected chi connectivity index (χ4v) is 2.34. The van der Waals surface area contributed by atoms with E-state index in [0.29, 0.717) is 5.75 Å². The number of ether oxygens (including phenoxy) is 1. The van der Waals surface area contributed by atoms with E-state index in [4.69, 9.17) is 4.74 Å². The molecule has 0 spiro atoms. The quantitative estimate of drug-likeness (QED) is 0.529. The van der Waals surface area contributed by atoms with Gasteiger partial charge in [-0.25, -0.2) is 0 Å². The maximum absolute atomic E-state index is 10.7. The van der Waals surface area contributed by atoms with Gasteiger partial charge in [-0.3, -0.25) is 4.79 Å². The Morgan fingerprint density at radius 2 is 2.21 bits per heavy atom. The summed E-state index contributed by atoms with van der Waals surface area (Å²) in [6, 6.07) is 5.71. The maximum Gasteiger partial charge on any atom is 0.308 e. The molecule has 2 aromatic rings. The molecule has 0 aliphatic carbocycles. The first kappa shape index (κ1) is 9.21. The molecule has 0 N–H and O–H groups in total. The standard InChI is InChI=1S/C11H10O2S/c1-7-6-14-11-5-9(13-8(2)12)3-4-10(7)11/h3-6H,1-2H3. The Labute approximate surface area is 86.1 Å². The second kappa shape index (κ2) is 3.42. The smallest absolute Gasteiger partial charge is 0.308 e. The molecule has 0 saturated heterocycles. The molecule has 1 aromatic carbocycles. The lowest BCUT2D eigenvalue weighted by Crippen LogP contribution is -2.00. The van der Waals surface area contributed by atoms with E-state index >= 15 is 0 Å². The monoisotopic (exact) mass is 206 g/mol. The Hall–Kier alpha value is -1.35. The van der Waals surface area contributed by atoms with Crippen LogP contribution in [0, 0.1) is 6.92 Å². The lowest BCUT2D eigenvalue weighted by Gasteiger charge is -2.00. The molecular formula is C11H10O2S. The summed E-state index contributed by atoms with van der Waals surface area (Å²) in [6.07, 6.45) is 0. The number of hydrogen-bond acceptors (Lipinski definition) is 3. The van der Waals surface area contributed by atoms with Crippen LogP contribution in [0.5, 0.6) is 5.75 Å². The Morgan fingerprint density at radius 1 is 1.43 bits per heavy atom. The third-order valence-electron chi connectivity index (χ3n) is 2.00. The van der Waals surface area contributed by atoms with E-state index in [0.717, 1.165) is 4.70 Å². The molecule has 0 amide bonds. The number of fused-ring (bicyclic) bond motifs is 1. The van der Waals surface area contributed by atoms with Gasteiger partial charge in [0.05, 0.1) is 0 Å². The van der Waals surface area contributed by atoms with Crippen molar-refractivity contribution in [3.05, 3.63) is 29.1 Å². The van der Waals surface area contributed by atoms with Crippen molar-refractivity contribution in [2.45, 2.75) is 13.8 Å². The van der Waals surface area contributed by atoms with Gasteiger partial charge in [0.2, 0.25) is 0 Å². The first-order valence-electron chi connectivity index (χ1n) is 4.33. The van der Waals surface area contributed by atoms with E-state index in [1.165, 1.54) is 17.9 Å². The number of rotatable bonds is 1. The summed E-state index contributed by atoms with van der Waals surface area (Å²) >= 11 is 1.66. The number of benzene rings is 1. The second-order valence-corrected chi connectivity index (χ2v) is 4.08. The largest absolute Gasteiger partial charge is 0.427 e. The first-order chi connectivity index (χ1) is 6.66. The molecule has 0 atom stereocenters. The zero-order chi connectivity index (χ0) is 10.1. The van der Waals surface area contributed by atoms with E-state index < -0.39 is 0 Å². The van der Waals surface area contributed by atoms with Crippen molar-refractivity contribution in [1.82, 2.24) is 0 Å². The molecule has 72 valence electrons. The number of esters is 1. The Bertz CT molecular complexity index is 485. The predicted octanol–water partition coefficient (Wildman–Crippen LogP) is 3.14. The minimum atomic E-state index is -0.280. The highest BCUT2D eigenvalue weighted by Gasteiger charge is 2.03. The number of carbonyl (C=O) groups is 1. The highest BCUT2D eigenvalue weighted by atomic mass is 32.1. The number of hydrogen-bond donors (Lipinski definition) is 0. The topological polar surface area (TPSA) is 26.3 Å². The maximum atomic E-state index is 10.7. The third kappa shape index (κ3) is 1.63. The van der Waals surface area contributed by atoms with Gasteiger partial charge in [0, 0.05) is 11.6 Å². The Morgan fingerprint density at radius 3 is 2.93 bits per heavy atom. The van der Waals surface area contributed by atoms with Gasteiger partial charge >= 0.3 is 5.97 Å². The van der Waals surface area contributed by atoms with E-state index in [9.17, 15) is 4.79 Å². The lowest BCUT2D eigenvalue weighted by molar-refractivity contribution is -0.131. The summed E-state index contributed by atoms with van der Waals surface area (Å²) in [5, 5.41) is 3.33. The Balaban J connectivity index is 2.46. The van der Waals surface area contributed by atoms with Crippen molar-refractivity contribution < 1.29 is 9.53 Å². The van der Waals surface area contributed by atoms with Crippen LogP contribution >= 0.6 is 11.3 Å². The van der Waals surface area contributed by atoms with Crippen molar-refractivity contribution in [2.24, 2.45) is 0 Å². The average Bonchev–Trinajstić information content (AvgIpc) is 2.46. The molecule has 0 radical (unpaired) electrons. The molecule has 0 bridgehead atoms. The van der Waals surface area contributed by atoms with Gasteiger partial charge in [-0.2, -0.15) is 0 Å². The van der Waals surface area contributed by atoms with E-state index in [1.807, 2.05) is 18.2 Å². The van der Waals surface area contributed by atoms with Crippen LogP contribution in [0.15, 0.2) is 23.6 Å². The molecule has 0 saturated carbocycles. The summed E-state index contributed by atoms with van der Waals surface area (Å²) in [5.41, 5.74) is 1.26. The van der Waals surface area contributed by atoms with Gasteiger partial charge in [-0.1, -0.05) is 0 Å². The van der Waals surface area contributed by atoms with Crippen LogP contribution in [0.4, 0.5) is 0 Å². The van der Waals surface area contributed by atoms with Crippen LogP contribution in [-0.4, -0.2) is 5.97 Å². The van der Waals surface area contributed by atoms with Crippen LogP contribution in [0.2, 0.25) is 0 Å². The van der Waals surface area contributed by atoms with Crippen LogP contribution in [-0.2, 0) is 4.79 Å². The molecule has 1 aromatic heterocycles. The number of aryl methyl sites for hydroxylation is 1. The molecule has 2 nitrogen and oxygen atoms in total. The van der Waals surface area contributed by atoms with Gasteiger partial charge in [-0.05, 0) is 41.5 Å². The van der Waals surface area contributed by atoms with E-state index in [2.05, 4.69) is 12.3 Å². The number of carbonyl (C=O) groups excluding carboxylic acids is 1. The van der Waals surface area contributed by atoms with Gasteiger partial charge in [-0.15, -0.1) is 11.3 Å². The van der Waals surface area contributed by atoms with Gasteiger partial charge < -0.3 is 4.74 Å². The molecule has 14 heavy (non-hydrogen) atoms. The van der Waals surface area contributed by atoms with Crippen LogP contribution < -0.4 is 4.74 Å². The summed E-state index contributed by atoms with van der Waals surface area (Å²) in [4.78, 5) is 10.7. The summed E-state index contributed by atoms with van der Waals surface area (Å²) < 4.78 is 6.15. The van der Waals surface area contributed by atoms with Crippen molar-refractivity contribution in [3.63, 3.8) is 0 Å². The van der Waals surface area contributed by atoms with Crippen LogP contribution in [0.25, 0.3) is 10.1 Å². The summed E-state index contributed by atoms with van der Waals surface area (Å²) in [7, 11) is 0. The molecule has 0 unspecified atom stereocenters. The normalized spacial score (nSPS) is 10.4. The van der Waals surface area contributed by atoms with Crippen molar-refractivity contribution in [1.29, 1.82) is 0 Å². The number of thiophene rings is 1. The van der Waals surface area contributed by atoms with E-state index in [1.54, 1.807) is 11.3 Å². The van der Waals surface area contributed by atoms with Crippen molar-refractivity contribution >= 4 is 27.4 Å². The molecule has 0 aliphatic rings. The minimum absolute atomic E-state index is 0.280.